The molecule has 3 rings (SSSR count). The summed E-state index contributed by atoms with van der Waals surface area (Å²) in [5.74, 6) is -1.80. The number of piperazine rings is 1. The minimum atomic E-state index is -0.893. The van der Waals surface area contributed by atoms with Crippen LogP contribution in [0.3, 0.4) is 0 Å². The molecule has 1 aliphatic heterocycles. The molecule has 0 atom stereocenters. The highest BCUT2D eigenvalue weighted by atomic mass is 19.2. The molecular weight excluding hydrogens is 304 g/mol. The number of hydrogen-bond donors (Lipinski definition) is 1. The number of hydrogen-bond acceptors (Lipinski definition) is 2. The van der Waals surface area contributed by atoms with Crippen molar-refractivity contribution in [2.75, 3.05) is 26.2 Å². The van der Waals surface area contributed by atoms with Crippen molar-refractivity contribution in [3.8, 4) is 0 Å². The van der Waals surface area contributed by atoms with E-state index in [2.05, 4.69) is 5.32 Å². The van der Waals surface area contributed by atoms with Gasteiger partial charge in [-0.15, -0.1) is 0 Å². The second kappa shape index (κ2) is 6.52. The number of carbonyl (C=O) groups is 2. The second-order valence-electron chi connectivity index (χ2n) is 5.93. The molecule has 1 N–H and O–H groups in total. The molecule has 1 saturated carbocycles. The molecule has 0 bridgehead atoms. The van der Waals surface area contributed by atoms with Crippen LogP contribution < -0.4 is 5.32 Å². The molecule has 2 aliphatic rings. The van der Waals surface area contributed by atoms with Crippen LogP contribution in [0.15, 0.2) is 18.2 Å². The Bertz CT molecular complexity index is 619. The summed E-state index contributed by atoms with van der Waals surface area (Å²) in [5.41, 5.74) is 0.222. The molecule has 1 saturated heterocycles. The smallest absolute Gasteiger partial charge is 0.317 e. The van der Waals surface area contributed by atoms with Crippen LogP contribution in [-0.4, -0.2) is 54.0 Å². The molecule has 1 aliphatic carbocycles. The highest BCUT2D eigenvalue weighted by molar-refractivity contribution is 5.85. The zero-order valence-corrected chi connectivity index (χ0v) is 12.7. The Morgan fingerprint density at radius 1 is 1.26 bits per heavy atom. The van der Waals surface area contributed by atoms with Gasteiger partial charge in [-0.1, -0.05) is 12.1 Å². The van der Waals surface area contributed by atoms with Gasteiger partial charge in [0.25, 0.3) is 0 Å². The molecule has 5 nitrogen and oxygen atoms in total. The van der Waals surface area contributed by atoms with E-state index < -0.39 is 11.6 Å². The van der Waals surface area contributed by atoms with E-state index in [4.69, 9.17) is 0 Å². The fraction of sp³-hybridized carbons (Fsp3) is 0.500. The lowest BCUT2D eigenvalue weighted by molar-refractivity contribution is -0.135. The number of halogens is 2. The predicted molar refractivity (Wildman–Crippen MR) is 79.8 cm³/mol. The van der Waals surface area contributed by atoms with Crippen LogP contribution >= 0.6 is 0 Å². The van der Waals surface area contributed by atoms with Crippen LogP contribution in [0.2, 0.25) is 0 Å². The summed E-state index contributed by atoms with van der Waals surface area (Å²) in [6.45, 7) is 1.34. The Morgan fingerprint density at radius 3 is 2.74 bits per heavy atom. The zero-order chi connectivity index (χ0) is 16.4. The van der Waals surface area contributed by atoms with Gasteiger partial charge in [0, 0.05) is 25.7 Å². The molecular formula is C16H19F2N3O2. The zero-order valence-electron chi connectivity index (χ0n) is 12.7. The Labute approximate surface area is 133 Å². The summed E-state index contributed by atoms with van der Waals surface area (Å²) < 4.78 is 26.6. The van der Waals surface area contributed by atoms with E-state index in [0.717, 1.165) is 18.9 Å². The summed E-state index contributed by atoms with van der Waals surface area (Å²) in [5, 5.41) is 2.65. The Balaban J connectivity index is 1.46. The maximum absolute atomic E-state index is 13.5. The van der Waals surface area contributed by atoms with E-state index in [1.165, 1.54) is 17.0 Å². The summed E-state index contributed by atoms with van der Waals surface area (Å²) in [7, 11) is 0. The molecule has 124 valence electrons. The molecule has 1 aromatic carbocycles. The molecule has 0 unspecified atom stereocenters. The average Bonchev–Trinajstić information content (AvgIpc) is 3.36. The van der Waals surface area contributed by atoms with Crippen LogP contribution in [0.1, 0.15) is 18.4 Å². The monoisotopic (exact) mass is 323 g/mol. The SMILES string of the molecule is O=C(NCCc1cccc(F)c1F)N1CCN(C2CC2)C(=O)C1. The first-order valence-electron chi connectivity index (χ1n) is 7.81. The van der Waals surface area contributed by atoms with Crippen molar-refractivity contribution in [3.05, 3.63) is 35.4 Å². The first-order valence-corrected chi connectivity index (χ1v) is 7.81. The number of benzene rings is 1. The van der Waals surface area contributed by atoms with Gasteiger partial charge in [0.05, 0.1) is 0 Å². The summed E-state index contributed by atoms with van der Waals surface area (Å²) >= 11 is 0. The lowest BCUT2D eigenvalue weighted by Gasteiger charge is -2.34. The lowest BCUT2D eigenvalue weighted by Crippen LogP contribution is -2.55. The molecule has 1 heterocycles. The highest BCUT2D eigenvalue weighted by Crippen LogP contribution is 2.27. The van der Waals surface area contributed by atoms with Gasteiger partial charge in [-0.3, -0.25) is 4.79 Å². The van der Waals surface area contributed by atoms with E-state index in [9.17, 15) is 18.4 Å². The van der Waals surface area contributed by atoms with Crippen LogP contribution in [0.4, 0.5) is 13.6 Å². The van der Waals surface area contributed by atoms with Gasteiger partial charge in [-0.25, -0.2) is 13.6 Å². The third-order valence-corrected chi connectivity index (χ3v) is 4.23. The van der Waals surface area contributed by atoms with E-state index in [1.807, 2.05) is 4.90 Å². The molecule has 1 aromatic rings. The van der Waals surface area contributed by atoms with Crippen molar-refractivity contribution in [3.63, 3.8) is 0 Å². The molecule has 3 amide bonds. The first kappa shape index (κ1) is 15.7. The van der Waals surface area contributed by atoms with Crippen molar-refractivity contribution in [2.45, 2.75) is 25.3 Å². The van der Waals surface area contributed by atoms with Crippen LogP contribution in [0, 0.1) is 11.6 Å². The van der Waals surface area contributed by atoms with Gasteiger partial charge in [0.15, 0.2) is 11.6 Å². The number of nitrogens with one attached hydrogen (secondary N) is 1. The fourth-order valence-corrected chi connectivity index (χ4v) is 2.79. The van der Waals surface area contributed by atoms with Gasteiger partial charge >= 0.3 is 6.03 Å². The van der Waals surface area contributed by atoms with Gasteiger partial charge < -0.3 is 15.1 Å². The second-order valence-corrected chi connectivity index (χ2v) is 5.93. The Morgan fingerprint density at radius 2 is 2.04 bits per heavy atom. The van der Waals surface area contributed by atoms with Gasteiger partial charge in [-0.2, -0.15) is 0 Å². The number of urea groups is 1. The first-order chi connectivity index (χ1) is 11.1. The third kappa shape index (κ3) is 3.60. The van der Waals surface area contributed by atoms with E-state index >= 15 is 0 Å². The van der Waals surface area contributed by atoms with Crippen LogP contribution in [-0.2, 0) is 11.2 Å². The third-order valence-electron chi connectivity index (χ3n) is 4.23. The Hall–Kier alpha value is -2.18. The molecule has 23 heavy (non-hydrogen) atoms. The maximum Gasteiger partial charge on any atom is 0.317 e. The summed E-state index contributed by atoms with van der Waals surface area (Å²) in [6, 6.07) is 4.00. The molecule has 0 aromatic heterocycles. The number of nitrogens with zero attached hydrogens (tertiary/aromatic N) is 2. The standard InChI is InChI=1S/C16H19F2N3O2/c17-13-3-1-2-11(15(13)18)6-7-19-16(23)20-8-9-21(12-4-5-12)14(22)10-20/h1-3,12H,4-10H2,(H,19,23). The molecule has 0 radical (unpaired) electrons. The highest BCUT2D eigenvalue weighted by Gasteiger charge is 2.36. The average molecular weight is 323 g/mol. The fourth-order valence-electron chi connectivity index (χ4n) is 2.79. The number of rotatable bonds is 4. The number of carbonyl (C=O) groups excluding carboxylic acids is 2. The van der Waals surface area contributed by atoms with Crippen molar-refractivity contribution in [2.24, 2.45) is 0 Å². The normalized spacial score (nSPS) is 18.3. The topological polar surface area (TPSA) is 52.7 Å². The van der Waals surface area contributed by atoms with Crippen molar-refractivity contribution < 1.29 is 18.4 Å². The van der Waals surface area contributed by atoms with Crippen molar-refractivity contribution in [1.29, 1.82) is 0 Å². The summed E-state index contributed by atoms with van der Waals surface area (Å²) in [6.07, 6.45) is 2.31. The largest absolute Gasteiger partial charge is 0.338 e. The Kier molecular flexibility index (Phi) is 4.45. The van der Waals surface area contributed by atoms with Crippen LogP contribution in [0.25, 0.3) is 0 Å². The van der Waals surface area contributed by atoms with Gasteiger partial charge in [-0.05, 0) is 30.9 Å². The van der Waals surface area contributed by atoms with Crippen molar-refractivity contribution in [1.82, 2.24) is 15.1 Å². The quantitative estimate of drug-likeness (QED) is 0.913. The van der Waals surface area contributed by atoms with Gasteiger partial charge in [0.2, 0.25) is 5.91 Å². The predicted octanol–water partition coefficient (Wildman–Crippen LogP) is 1.52. The van der Waals surface area contributed by atoms with E-state index in [1.54, 1.807) is 0 Å². The molecule has 2 fully saturated rings. The van der Waals surface area contributed by atoms with Crippen molar-refractivity contribution >= 4 is 11.9 Å². The van der Waals surface area contributed by atoms with E-state index in [-0.39, 0.29) is 37.0 Å². The van der Waals surface area contributed by atoms with E-state index in [0.29, 0.717) is 19.1 Å². The van der Waals surface area contributed by atoms with Crippen LogP contribution in [0.5, 0.6) is 0 Å². The minimum absolute atomic E-state index is 0.0231. The lowest BCUT2D eigenvalue weighted by atomic mass is 10.1. The molecule has 7 heteroatoms. The number of amides is 3. The van der Waals surface area contributed by atoms with Gasteiger partial charge in [0.1, 0.15) is 6.54 Å². The minimum Gasteiger partial charge on any atom is -0.338 e. The summed E-state index contributed by atoms with van der Waals surface area (Å²) in [4.78, 5) is 27.3. The maximum atomic E-state index is 13.5. The molecule has 0 spiro atoms.